The molecule has 2 heterocycles. The molecule has 0 aliphatic heterocycles. The molecule has 0 radical (unpaired) electrons. The quantitative estimate of drug-likeness (QED) is 0.833. The Hall–Kier alpha value is -2.04. The van der Waals surface area contributed by atoms with Gasteiger partial charge in [0.1, 0.15) is 5.82 Å². The zero-order chi connectivity index (χ0) is 12.3. The summed E-state index contributed by atoms with van der Waals surface area (Å²) in [4.78, 5) is 4.21. The minimum Gasteiger partial charge on any atom is -0.397 e. The Morgan fingerprint density at radius 1 is 1.47 bits per heavy atom. The van der Waals surface area contributed by atoms with Crippen molar-refractivity contribution in [2.75, 3.05) is 17.6 Å². The van der Waals surface area contributed by atoms with Crippen LogP contribution in [0.25, 0.3) is 0 Å². The van der Waals surface area contributed by atoms with Crippen molar-refractivity contribution in [3.63, 3.8) is 0 Å². The maximum Gasteiger partial charge on any atom is 0.126 e. The molecule has 5 heteroatoms. The molecule has 0 aromatic carbocycles. The first-order chi connectivity index (χ1) is 8.15. The number of nitrogens with one attached hydrogen (secondary N) is 1. The molecule has 0 unspecified atom stereocenters. The van der Waals surface area contributed by atoms with E-state index in [1.54, 1.807) is 10.9 Å². The van der Waals surface area contributed by atoms with E-state index >= 15 is 0 Å². The first-order valence-corrected chi connectivity index (χ1v) is 5.59. The topological polar surface area (TPSA) is 68.8 Å². The molecule has 0 saturated carbocycles. The fraction of sp³-hybridized carbons (Fsp3) is 0.333. The fourth-order valence-corrected chi connectivity index (χ4v) is 1.58. The van der Waals surface area contributed by atoms with Crippen molar-refractivity contribution in [2.24, 2.45) is 7.05 Å². The number of nitrogens with zero attached hydrogens (tertiary/aromatic N) is 3. The third-order valence-corrected chi connectivity index (χ3v) is 2.61. The Balaban J connectivity index is 1.87. The summed E-state index contributed by atoms with van der Waals surface area (Å²) in [5.41, 5.74) is 8.55. The molecule has 5 nitrogen and oxygen atoms in total. The summed E-state index contributed by atoms with van der Waals surface area (Å²) in [6, 6.07) is 3.97. The normalized spacial score (nSPS) is 10.5. The maximum atomic E-state index is 5.71. The molecule has 2 aromatic rings. The van der Waals surface area contributed by atoms with Gasteiger partial charge in [0.05, 0.1) is 17.6 Å². The lowest BCUT2D eigenvalue weighted by Gasteiger charge is -2.06. The molecule has 0 spiro atoms. The van der Waals surface area contributed by atoms with Crippen LogP contribution in [0.2, 0.25) is 0 Å². The van der Waals surface area contributed by atoms with Crippen LogP contribution in [0.4, 0.5) is 11.5 Å². The maximum absolute atomic E-state index is 5.71. The van der Waals surface area contributed by atoms with Gasteiger partial charge in [0.25, 0.3) is 0 Å². The number of rotatable bonds is 4. The highest BCUT2D eigenvalue weighted by Gasteiger charge is 1.99. The lowest BCUT2D eigenvalue weighted by Crippen LogP contribution is -2.07. The van der Waals surface area contributed by atoms with E-state index in [4.69, 9.17) is 5.73 Å². The average Bonchev–Trinajstić information content (AvgIpc) is 2.70. The van der Waals surface area contributed by atoms with Gasteiger partial charge in [-0.3, -0.25) is 4.68 Å². The molecule has 0 bridgehead atoms. The summed E-state index contributed by atoms with van der Waals surface area (Å²) in [6.07, 6.45) is 4.51. The van der Waals surface area contributed by atoms with Crippen LogP contribution in [-0.4, -0.2) is 21.3 Å². The first kappa shape index (κ1) is 11.4. The van der Waals surface area contributed by atoms with Crippen molar-refractivity contribution < 1.29 is 0 Å². The highest BCUT2D eigenvalue weighted by Crippen LogP contribution is 2.12. The van der Waals surface area contributed by atoms with Crippen LogP contribution in [0.15, 0.2) is 24.5 Å². The van der Waals surface area contributed by atoms with Gasteiger partial charge in [-0.05, 0) is 24.6 Å². The predicted molar refractivity (Wildman–Crippen MR) is 68.8 cm³/mol. The van der Waals surface area contributed by atoms with Gasteiger partial charge in [-0.25, -0.2) is 4.98 Å². The van der Waals surface area contributed by atoms with E-state index in [9.17, 15) is 0 Å². The summed E-state index contributed by atoms with van der Waals surface area (Å²) < 4.78 is 1.81. The van der Waals surface area contributed by atoms with E-state index in [1.807, 2.05) is 32.3 Å². The first-order valence-electron chi connectivity index (χ1n) is 5.59. The highest BCUT2D eigenvalue weighted by atomic mass is 15.2. The second-order valence-corrected chi connectivity index (χ2v) is 4.08. The van der Waals surface area contributed by atoms with E-state index in [-0.39, 0.29) is 0 Å². The van der Waals surface area contributed by atoms with Crippen molar-refractivity contribution in [1.29, 1.82) is 0 Å². The van der Waals surface area contributed by atoms with Gasteiger partial charge in [-0.1, -0.05) is 0 Å². The molecule has 0 aliphatic carbocycles. The van der Waals surface area contributed by atoms with Crippen LogP contribution >= 0.6 is 0 Å². The smallest absolute Gasteiger partial charge is 0.126 e. The fourth-order valence-electron chi connectivity index (χ4n) is 1.58. The lowest BCUT2D eigenvalue weighted by atomic mass is 10.2. The Kier molecular flexibility index (Phi) is 3.27. The molecule has 0 atom stereocenters. The minimum absolute atomic E-state index is 0.722. The number of aromatic nitrogens is 3. The van der Waals surface area contributed by atoms with E-state index in [0.717, 1.165) is 35.7 Å². The molecular formula is C12H17N5. The van der Waals surface area contributed by atoms with Crippen LogP contribution in [0.5, 0.6) is 0 Å². The number of aryl methyl sites for hydroxylation is 2. The predicted octanol–water partition coefficient (Wildman–Crippen LogP) is 1.36. The van der Waals surface area contributed by atoms with Crippen LogP contribution in [0.1, 0.15) is 11.3 Å². The SMILES string of the molecule is Cc1cc(NCCc2ccn(C)n2)ncc1N. The van der Waals surface area contributed by atoms with E-state index in [1.165, 1.54) is 0 Å². The van der Waals surface area contributed by atoms with Gasteiger partial charge in [0, 0.05) is 26.2 Å². The molecule has 0 saturated heterocycles. The van der Waals surface area contributed by atoms with E-state index in [0.29, 0.717) is 0 Å². The van der Waals surface area contributed by atoms with Crippen LogP contribution in [0, 0.1) is 6.92 Å². The molecule has 2 rings (SSSR count). The van der Waals surface area contributed by atoms with E-state index < -0.39 is 0 Å². The van der Waals surface area contributed by atoms with Gasteiger partial charge in [-0.2, -0.15) is 5.10 Å². The van der Waals surface area contributed by atoms with Gasteiger partial charge < -0.3 is 11.1 Å². The molecule has 90 valence electrons. The monoisotopic (exact) mass is 231 g/mol. The number of hydrogen-bond acceptors (Lipinski definition) is 4. The standard InChI is InChI=1S/C12H17N5/c1-9-7-12(15-8-11(9)13)14-5-3-10-4-6-17(2)16-10/h4,6-8H,3,5,13H2,1-2H3,(H,14,15). The zero-order valence-electron chi connectivity index (χ0n) is 10.1. The largest absolute Gasteiger partial charge is 0.397 e. The third-order valence-electron chi connectivity index (χ3n) is 2.61. The van der Waals surface area contributed by atoms with E-state index in [2.05, 4.69) is 15.4 Å². The van der Waals surface area contributed by atoms with Gasteiger partial charge in [0.15, 0.2) is 0 Å². The van der Waals surface area contributed by atoms with Gasteiger partial charge >= 0.3 is 0 Å². The van der Waals surface area contributed by atoms with Crippen LogP contribution in [0.3, 0.4) is 0 Å². The second-order valence-electron chi connectivity index (χ2n) is 4.08. The summed E-state index contributed by atoms with van der Waals surface area (Å²) in [6.45, 7) is 2.79. The van der Waals surface area contributed by atoms with Crippen molar-refractivity contribution in [3.8, 4) is 0 Å². The minimum atomic E-state index is 0.722. The second kappa shape index (κ2) is 4.86. The van der Waals surface area contributed by atoms with Crippen LogP contribution < -0.4 is 11.1 Å². The number of hydrogen-bond donors (Lipinski definition) is 2. The van der Waals surface area contributed by atoms with Crippen molar-refractivity contribution in [2.45, 2.75) is 13.3 Å². The third kappa shape index (κ3) is 2.96. The summed E-state index contributed by atoms with van der Waals surface area (Å²) in [5, 5.41) is 7.56. The number of nitrogen functional groups attached to an aromatic ring is 1. The van der Waals surface area contributed by atoms with Crippen molar-refractivity contribution in [3.05, 3.63) is 35.8 Å². The average molecular weight is 231 g/mol. The molecule has 17 heavy (non-hydrogen) atoms. The number of anilines is 2. The summed E-state index contributed by atoms with van der Waals surface area (Å²) in [5.74, 6) is 0.854. The molecule has 2 aromatic heterocycles. The molecule has 3 N–H and O–H groups in total. The molecule has 0 aliphatic rings. The van der Waals surface area contributed by atoms with Gasteiger partial charge in [-0.15, -0.1) is 0 Å². The van der Waals surface area contributed by atoms with Gasteiger partial charge in [0.2, 0.25) is 0 Å². The lowest BCUT2D eigenvalue weighted by molar-refractivity contribution is 0.742. The molecule has 0 amide bonds. The molecular weight excluding hydrogens is 214 g/mol. The Labute approximate surface area is 101 Å². The number of nitrogens with two attached hydrogens (primary N) is 1. The molecule has 0 fully saturated rings. The Morgan fingerprint density at radius 2 is 2.29 bits per heavy atom. The number of pyridine rings is 1. The summed E-state index contributed by atoms with van der Waals surface area (Å²) >= 11 is 0. The Morgan fingerprint density at radius 3 is 2.94 bits per heavy atom. The van der Waals surface area contributed by atoms with Crippen LogP contribution in [-0.2, 0) is 13.5 Å². The van der Waals surface area contributed by atoms with Crippen molar-refractivity contribution in [1.82, 2.24) is 14.8 Å². The highest BCUT2D eigenvalue weighted by molar-refractivity contribution is 5.50. The summed E-state index contributed by atoms with van der Waals surface area (Å²) in [7, 11) is 1.92. The Bertz CT molecular complexity index is 503. The van der Waals surface area contributed by atoms with Crippen molar-refractivity contribution >= 4 is 11.5 Å². The zero-order valence-corrected chi connectivity index (χ0v) is 10.1.